The van der Waals surface area contributed by atoms with E-state index < -0.39 is 0 Å². The van der Waals surface area contributed by atoms with Crippen LogP contribution in [0.5, 0.6) is 0 Å². The van der Waals surface area contributed by atoms with Gasteiger partial charge in [-0.05, 0) is 5.56 Å². The van der Waals surface area contributed by atoms with Crippen molar-refractivity contribution in [1.82, 2.24) is 20.3 Å². The van der Waals surface area contributed by atoms with Gasteiger partial charge in [-0.25, -0.2) is 0 Å². The Morgan fingerprint density at radius 3 is 2.76 bits per heavy atom. The summed E-state index contributed by atoms with van der Waals surface area (Å²) >= 11 is 0. The summed E-state index contributed by atoms with van der Waals surface area (Å²) in [5, 5.41) is 21.8. The number of hydrogen-bond donors (Lipinski definition) is 3. The van der Waals surface area contributed by atoms with Crippen molar-refractivity contribution in [3.05, 3.63) is 47.8 Å². The standard InChI is InChI=1S/C13H16N6O2/c14-13(17-21)11-3-1-10(2-4-11)9-12(20)15-5-7-19-8-6-16-18-19/h1-4,6,8,21H,5,7,9H2,(H2,14,17)(H,15,20). The van der Waals surface area contributed by atoms with Crippen LogP contribution in [0.2, 0.25) is 0 Å². The number of aromatic nitrogens is 3. The molecular formula is C13H16N6O2. The van der Waals surface area contributed by atoms with Gasteiger partial charge in [-0.2, -0.15) is 0 Å². The number of benzene rings is 1. The van der Waals surface area contributed by atoms with E-state index in [4.69, 9.17) is 10.9 Å². The van der Waals surface area contributed by atoms with Gasteiger partial charge in [-0.3, -0.25) is 9.48 Å². The Morgan fingerprint density at radius 1 is 1.38 bits per heavy atom. The van der Waals surface area contributed by atoms with E-state index in [1.54, 1.807) is 41.3 Å². The minimum Gasteiger partial charge on any atom is -0.409 e. The first-order valence-electron chi connectivity index (χ1n) is 6.36. The topological polar surface area (TPSA) is 118 Å². The van der Waals surface area contributed by atoms with Gasteiger partial charge in [0.25, 0.3) is 0 Å². The molecule has 0 radical (unpaired) electrons. The largest absolute Gasteiger partial charge is 0.409 e. The zero-order chi connectivity index (χ0) is 15.1. The summed E-state index contributed by atoms with van der Waals surface area (Å²) in [5.74, 6) is -0.0366. The van der Waals surface area contributed by atoms with Crippen LogP contribution >= 0.6 is 0 Å². The molecule has 0 saturated heterocycles. The second-order valence-corrected chi connectivity index (χ2v) is 4.38. The van der Waals surface area contributed by atoms with Gasteiger partial charge in [-0.15, -0.1) is 5.10 Å². The first kappa shape index (κ1) is 14.5. The lowest BCUT2D eigenvalue weighted by atomic mass is 10.1. The maximum absolute atomic E-state index is 11.8. The Balaban J connectivity index is 1.79. The number of carbonyl (C=O) groups is 1. The van der Waals surface area contributed by atoms with Crippen LogP contribution in [0.15, 0.2) is 41.8 Å². The Bertz CT molecular complexity index is 606. The van der Waals surface area contributed by atoms with Crippen molar-refractivity contribution in [2.24, 2.45) is 10.9 Å². The summed E-state index contributed by atoms with van der Waals surface area (Å²) in [7, 11) is 0. The van der Waals surface area contributed by atoms with Crippen LogP contribution < -0.4 is 11.1 Å². The zero-order valence-corrected chi connectivity index (χ0v) is 11.3. The van der Waals surface area contributed by atoms with Gasteiger partial charge >= 0.3 is 0 Å². The monoisotopic (exact) mass is 288 g/mol. The van der Waals surface area contributed by atoms with Crippen molar-refractivity contribution in [3.63, 3.8) is 0 Å². The molecule has 0 aliphatic heterocycles. The predicted octanol–water partition coefficient (Wildman–Crippen LogP) is -0.268. The van der Waals surface area contributed by atoms with Crippen molar-refractivity contribution in [2.45, 2.75) is 13.0 Å². The molecule has 0 saturated carbocycles. The van der Waals surface area contributed by atoms with Gasteiger partial charge < -0.3 is 16.3 Å². The minimum absolute atomic E-state index is 0.0406. The third-order valence-electron chi connectivity index (χ3n) is 2.86. The smallest absolute Gasteiger partial charge is 0.224 e. The molecule has 0 aliphatic rings. The Morgan fingerprint density at radius 2 is 2.14 bits per heavy atom. The van der Waals surface area contributed by atoms with E-state index in [1.165, 1.54) is 0 Å². The average Bonchev–Trinajstić information content (AvgIpc) is 3.00. The highest BCUT2D eigenvalue weighted by Crippen LogP contribution is 2.05. The number of nitrogens with one attached hydrogen (secondary N) is 1. The molecule has 1 aromatic carbocycles. The number of oxime groups is 1. The number of amides is 1. The fraction of sp³-hybridized carbons (Fsp3) is 0.231. The molecule has 110 valence electrons. The van der Waals surface area contributed by atoms with E-state index in [2.05, 4.69) is 20.8 Å². The maximum Gasteiger partial charge on any atom is 0.224 e. The van der Waals surface area contributed by atoms with Gasteiger partial charge in [0.2, 0.25) is 5.91 Å². The third-order valence-corrected chi connectivity index (χ3v) is 2.86. The van der Waals surface area contributed by atoms with E-state index in [9.17, 15) is 4.79 Å². The van der Waals surface area contributed by atoms with Crippen LogP contribution in [-0.2, 0) is 17.8 Å². The Kier molecular flexibility index (Phi) is 4.86. The summed E-state index contributed by atoms with van der Waals surface area (Å²) < 4.78 is 1.64. The van der Waals surface area contributed by atoms with Gasteiger partial charge in [0.05, 0.1) is 19.2 Å². The number of amidine groups is 1. The number of rotatable bonds is 6. The molecule has 21 heavy (non-hydrogen) atoms. The summed E-state index contributed by atoms with van der Waals surface area (Å²) in [4.78, 5) is 11.8. The SMILES string of the molecule is N/C(=N/O)c1ccc(CC(=O)NCCn2ccnn2)cc1. The molecule has 0 fully saturated rings. The van der Waals surface area contributed by atoms with Gasteiger partial charge in [0.15, 0.2) is 5.84 Å². The number of carbonyl (C=O) groups excluding carboxylic acids is 1. The van der Waals surface area contributed by atoms with Crippen LogP contribution in [0.4, 0.5) is 0 Å². The molecule has 0 atom stereocenters. The van der Waals surface area contributed by atoms with E-state index >= 15 is 0 Å². The van der Waals surface area contributed by atoms with Crippen molar-refractivity contribution >= 4 is 11.7 Å². The molecule has 1 amide bonds. The van der Waals surface area contributed by atoms with Crippen LogP contribution in [0.3, 0.4) is 0 Å². The summed E-state index contributed by atoms with van der Waals surface area (Å²) in [6.07, 6.45) is 3.59. The van der Waals surface area contributed by atoms with Crippen LogP contribution in [0.1, 0.15) is 11.1 Å². The number of nitrogens with zero attached hydrogens (tertiary/aromatic N) is 4. The van der Waals surface area contributed by atoms with Crippen LogP contribution in [-0.4, -0.2) is 38.5 Å². The highest BCUT2D eigenvalue weighted by atomic mass is 16.4. The molecule has 8 nitrogen and oxygen atoms in total. The minimum atomic E-state index is -0.0772. The fourth-order valence-electron chi connectivity index (χ4n) is 1.76. The lowest BCUT2D eigenvalue weighted by Gasteiger charge is -2.06. The first-order chi connectivity index (χ1) is 10.2. The van der Waals surface area contributed by atoms with E-state index in [0.29, 0.717) is 18.7 Å². The molecule has 0 unspecified atom stereocenters. The summed E-state index contributed by atoms with van der Waals surface area (Å²) in [6, 6.07) is 6.94. The normalized spacial score (nSPS) is 11.3. The predicted molar refractivity (Wildman–Crippen MR) is 75.7 cm³/mol. The maximum atomic E-state index is 11.8. The lowest BCUT2D eigenvalue weighted by Crippen LogP contribution is -2.28. The van der Waals surface area contributed by atoms with E-state index in [1.807, 2.05) is 0 Å². The van der Waals surface area contributed by atoms with Crippen molar-refractivity contribution < 1.29 is 10.0 Å². The van der Waals surface area contributed by atoms with Gasteiger partial charge in [0, 0.05) is 18.3 Å². The summed E-state index contributed by atoms with van der Waals surface area (Å²) in [6.45, 7) is 1.07. The highest BCUT2D eigenvalue weighted by molar-refractivity contribution is 5.97. The second kappa shape index (κ2) is 7.04. The van der Waals surface area contributed by atoms with Crippen molar-refractivity contribution in [3.8, 4) is 0 Å². The van der Waals surface area contributed by atoms with Crippen LogP contribution in [0, 0.1) is 0 Å². The molecule has 2 aromatic rings. The Labute approximate surface area is 121 Å². The van der Waals surface area contributed by atoms with E-state index in [-0.39, 0.29) is 18.2 Å². The molecule has 4 N–H and O–H groups in total. The lowest BCUT2D eigenvalue weighted by molar-refractivity contribution is -0.120. The van der Waals surface area contributed by atoms with Crippen molar-refractivity contribution in [1.29, 1.82) is 0 Å². The molecule has 0 bridgehead atoms. The quantitative estimate of drug-likeness (QED) is 0.293. The zero-order valence-electron chi connectivity index (χ0n) is 11.3. The third kappa shape index (κ3) is 4.30. The average molecular weight is 288 g/mol. The number of nitrogens with two attached hydrogens (primary N) is 1. The molecule has 0 spiro atoms. The fourth-order valence-corrected chi connectivity index (χ4v) is 1.76. The molecule has 2 rings (SSSR count). The molecule has 1 aromatic heterocycles. The van der Waals surface area contributed by atoms with Crippen molar-refractivity contribution in [2.75, 3.05) is 6.54 Å². The van der Waals surface area contributed by atoms with E-state index in [0.717, 1.165) is 5.56 Å². The second-order valence-electron chi connectivity index (χ2n) is 4.38. The molecular weight excluding hydrogens is 272 g/mol. The number of hydrogen-bond acceptors (Lipinski definition) is 5. The van der Waals surface area contributed by atoms with Crippen LogP contribution in [0.25, 0.3) is 0 Å². The molecule has 0 aliphatic carbocycles. The van der Waals surface area contributed by atoms with Gasteiger partial charge in [0.1, 0.15) is 0 Å². The van der Waals surface area contributed by atoms with Gasteiger partial charge in [-0.1, -0.05) is 34.6 Å². The molecule has 1 heterocycles. The first-order valence-corrected chi connectivity index (χ1v) is 6.36. The molecule has 8 heteroatoms. The highest BCUT2D eigenvalue weighted by Gasteiger charge is 2.04. The Hall–Kier alpha value is -2.90. The summed E-state index contributed by atoms with van der Waals surface area (Å²) in [5.41, 5.74) is 6.92.